The predicted molar refractivity (Wildman–Crippen MR) is 93.2 cm³/mol. The van der Waals surface area contributed by atoms with Gasteiger partial charge >= 0.3 is 12.0 Å². The van der Waals surface area contributed by atoms with Gasteiger partial charge in [0.15, 0.2) is 0 Å². The molecule has 3 rings (SSSR count). The number of ether oxygens (including phenoxy) is 1. The van der Waals surface area contributed by atoms with Crippen LogP contribution in [0.15, 0.2) is 53.4 Å². The SMILES string of the molecule is COc1cc(C(=O)O)ccc1S(=O)(=O)N1C(=O)CN(c2ccccc2)C1=O. The molecule has 1 aliphatic rings. The average molecular weight is 390 g/mol. The molecule has 2 aromatic rings. The van der Waals surface area contributed by atoms with Crippen molar-refractivity contribution in [3.8, 4) is 5.75 Å². The van der Waals surface area contributed by atoms with E-state index in [0.29, 0.717) is 5.69 Å². The maximum absolute atomic E-state index is 12.9. The number of para-hydroxylation sites is 1. The van der Waals surface area contributed by atoms with Gasteiger partial charge in [-0.3, -0.25) is 9.69 Å². The number of urea groups is 1. The number of benzene rings is 2. The first-order valence-electron chi connectivity index (χ1n) is 7.63. The van der Waals surface area contributed by atoms with Crippen molar-refractivity contribution < 1.29 is 32.6 Å². The van der Waals surface area contributed by atoms with E-state index < -0.39 is 39.4 Å². The lowest BCUT2D eigenvalue weighted by Crippen LogP contribution is -2.38. The second kappa shape index (κ2) is 6.72. The second-order valence-electron chi connectivity index (χ2n) is 5.54. The number of imide groups is 1. The van der Waals surface area contributed by atoms with Gasteiger partial charge in [0.1, 0.15) is 17.2 Å². The topological polar surface area (TPSA) is 121 Å². The summed E-state index contributed by atoms with van der Waals surface area (Å²) in [5.41, 5.74) is 0.178. The van der Waals surface area contributed by atoms with Gasteiger partial charge in [0.05, 0.1) is 12.7 Å². The third-order valence-electron chi connectivity index (χ3n) is 3.92. The Hall–Kier alpha value is -3.40. The standard InChI is InChI=1S/C17H14N2O7S/c1-26-13-9-11(16(21)22)7-8-14(13)27(24,25)19-15(20)10-18(17(19)23)12-5-3-2-4-6-12/h2-9H,10H2,1H3,(H,21,22). The van der Waals surface area contributed by atoms with E-state index in [1.807, 2.05) is 0 Å². The molecule has 10 heteroatoms. The van der Waals surface area contributed by atoms with Crippen molar-refractivity contribution >= 4 is 33.6 Å². The van der Waals surface area contributed by atoms with Crippen molar-refractivity contribution in [1.29, 1.82) is 0 Å². The quantitative estimate of drug-likeness (QED) is 0.769. The number of amides is 3. The molecule has 0 aliphatic carbocycles. The van der Waals surface area contributed by atoms with Gasteiger partial charge in [-0.25, -0.2) is 18.0 Å². The lowest BCUT2D eigenvalue weighted by atomic mass is 10.2. The van der Waals surface area contributed by atoms with Gasteiger partial charge in [0, 0.05) is 5.69 Å². The lowest BCUT2D eigenvalue weighted by molar-refractivity contribution is -0.121. The number of sulfonamides is 1. The molecule has 1 saturated heterocycles. The number of hydrogen-bond acceptors (Lipinski definition) is 6. The van der Waals surface area contributed by atoms with E-state index in [1.54, 1.807) is 30.3 Å². The van der Waals surface area contributed by atoms with E-state index in [4.69, 9.17) is 9.84 Å². The zero-order valence-electron chi connectivity index (χ0n) is 14.0. The van der Waals surface area contributed by atoms with Crippen LogP contribution in [0.3, 0.4) is 0 Å². The molecule has 0 atom stereocenters. The molecule has 0 unspecified atom stereocenters. The summed E-state index contributed by atoms with van der Waals surface area (Å²) in [4.78, 5) is 36.6. The van der Waals surface area contributed by atoms with Gasteiger partial charge in [0.2, 0.25) is 0 Å². The molecule has 0 bridgehead atoms. The molecule has 2 aromatic carbocycles. The number of hydrogen-bond donors (Lipinski definition) is 1. The minimum absolute atomic E-state index is 0.165. The Morgan fingerprint density at radius 2 is 1.78 bits per heavy atom. The third-order valence-corrected chi connectivity index (χ3v) is 5.65. The summed E-state index contributed by atoms with van der Waals surface area (Å²) < 4.78 is 31.0. The highest BCUT2D eigenvalue weighted by Gasteiger charge is 2.46. The van der Waals surface area contributed by atoms with Crippen LogP contribution in [-0.4, -0.2) is 49.4 Å². The highest BCUT2D eigenvalue weighted by molar-refractivity contribution is 7.90. The molecule has 0 aromatic heterocycles. The van der Waals surface area contributed by atoms with E-state index in [2.05, 4.69) is 0 Å². The Balaban J connectivity index is 2.04. The molecule has 27 heavy (non-hydrogen) atoms. The summed E-state index contributed by atoms with van der Waals surface area (Å²) in [6.45, 7) is -0.433. The maximum Gasteiger partial charge on any atom is 0.346 e. The van der Waals surface area contributed by atoms with Gasteiger partial charge in [-0.15, -0.1) is 4.31 Å². The van der Waals surface area contributed by atoms with Crippen LogP contribution in [0.1, 0.15) is 10.4 Å². The molecule has 1 fully saturated rings. The number of nitrogens with zero attached hydrogens (tertiary/aromatic N) is 2. The first-order chi connectivity index (χ1) is 12.8. The van der Waals surface area contributed by atoms with Crippen molar-refractivity contribution in [2.75, 3.05) is 18.6 Å². The van der Waals surface area contributed by atoms with Gasteiger partial charge in [-0.05, 0) is 30.3 Å². The van der Waals surface area contributed by atoms with E-state index in [0.717, 1.165) is 30.2 Å². The van der Waals surface area contributed by atoms with Gasteiger partial charge in [-0.2, -0.15) is 0 Å². The van der Waals surface area contributed by atoms with Crippen molar-refractivity contribution in [2.24, 2.45) is 0 Å². The number of methoxy groups -OCH3 is 1. The Labute approximate surface area is 154 Å². The maximum atomic E-state index is 12.9. The van der Waals surface area contributed by atoms with Crippen LogP contribution in [0.2, 0.25) is 0 Å². The summed E-state index contributed by atoms with van der Waals surface area (Å²) in [5, 5.41) is 9.02. The molecular formula is C17H14N2O7S. The highest BCUT2D eigenvalue weighted by Crippen LogP contribution is 2.31. The fourth-order valence-corrected chi connectivity index (χ4v) is 4.11. The molecule has 140 valence electrons. The Morgan fingerprint density at radius 3 is 2.37 bits per heavy atom. The monoisotopic (exact) mass is 390 g/mol. The number of carbonyl (C=O) groups is 3. The molecule has 3 amide bonds. The van der Waals surface area contributed by atoms with E-state index in [9.17, 15) is 22.8 Å². The number of aromatic carboxylic acids is 1. The molecular weight excluding hydrogens is 376 g/mol. The molecule has 1 N–H and O–H groups in total. The van der Waals surface area contributed by atoms with Gasteiger partial charge < -0.3 is 9.84 Å². The van der Waals surface area contributed by atoms with Crippen LogP contribution in [0.4, 0.5) is 10.5 Å². The van der Waals surface area contributed by atoms with E-state index >= 15 is 0 Å². The summed E-state index contributed by atoms with van der Waals surface area (Å²) in [5.74, 6) is -2.48. The van der Waals surface area contributed by atoms with Crippen LogP contribution in [-0.2, 0) is 14.8 Å². The second-order valence-corrected chi connectivity index (χ2v) is 7.29. The molecule has 0 saturated carbocycles. The van der Waals surface area contributed by atoms with E-state index in [1.165, 1.54) is 0 Å². The van der Waals surface area contributed by atoms with Crippen LogP contribution < -0.4 is 9.64 Å². The average Bonchev–Trinajstić information content (AvgIpc) is 2.96. The first kappa shape index (κ1) is 18.4. The van der Waals surface area contributed by atoms with Crippen LogP contribution in [0.5, 0.6) is 5.75 Å². The fraction of sp³-hybridized carbons (Fsp3) is 0.118. The summed E-state index contributed by atoms with van der Waals surface area (Å²) >= 11 is 0. The van der Waals surface area contributed by atoms with Crippen molar-refractivity contribution in [3.63, 3.8) is 0 Å². The van der Waals surface area contributed by atoms with Crippen molar-refractivity contribution in [3.05, 3.63) is 54.1 Å². The summed E-state index contributed by atoms with van der Waals surface area (Å²) in [6, 6.07) is 10.2. The van der Waals surface area contributed by atoms with E-state index in [-0.39, 0.29) is 15.6 Å². The predicted octanol–water partition coefficient (Wildman–Crippen LogP) is 1.55. The summed E-state index contributed by atoms with van der Waals surface area (Å²) in [7, 11) is -3.43. The fourth-order valence-electron chi connectivity index (χ4n) is 2.64. The lowest BCUT2D eigenvalue weighted by Gasteiger charge is -2.18. The Bertz CT molecular complexity index is 1030. The normalized spacial score (nSPS) is 14.6. The summed E-state index contributed by atoms with van der Waals surface area (Å²) in [6.07, 6.45) is 0. The Morgan fingerprint density at radius 1 is 1.11 bits per heavy atom. The molecule has 1 aliphatic heterocycles. The molecule has 9 nitrogen and oxygen atoms in total. The highest BCUT2D eigenvalue weighted by atomic mass is 32.2. The third kappa shape index (κ3) is 3.10. The number of carbonyl (C=O) groups excluding carboxylic acids is 2. The van der Waals surface area contributed by atoms with Crippen molar-refractivity contribution in [1.82, 2.24) is 4.31 Å². The minimum Gasteiger partial charge on any atom is -0.495 e. The molecule has 0 radical (unpaired) electrons. The zero-order chi connectivity index (χ0) is 19.8. The van der Waals surface area contributed by atoms with Gasteiger partial charge in [-0.1, -0.05) is 18.2 Å². The minimum atomic E-state index is -4.59. The van der Waals surface area contributed by atoms with Crippen LogP contribution in [0, 0.1) is 0 Å². The molecule has 1 heterocycles. The molecule has 0 spiro atoms. The smallest absolute Gasteiger partial charge is 0.346 e. The number of rotatable bonds is 5. The first-order valence-corrected chi connectivity index (χ1v) is 9.07. The van der Waals surface area contributed by atoms with Crippen molar-refractivity contribution in [2.45, 2.75) is 4.90 Å². The largest absolute Gasteiger partial charge is 0.495 e. The zero-order valence-corrected chi connectivity index (χ0v) is 14.8. The van der Waals surface area contributed by atoms with Crippen LogP contribution in [0.25, 0.3) is 0 Å². The number of anilines is 1. The van der Waals surface area contributed by atoms with Gasteiger partial charge in [0.25, 0.3) is 15.9 Å². The number of carboxylic acids is 1. The van der Waals surface area contributed by atoms with Crippen LogP contribution >= 0.6 is 0 Å². The number of carboxylic acid groups (broad SMARTS) is 1. The Kier molecular flexibility index (Phi) is 4.58.